The summed E-state index contributed by atoms with van der Waals surface area (Å²) >= 11 is 0. The molecule has 0 saturated carbocycles. The molecular weight excluding hydrogens is 307 g/mol. The number of aliphatic hydroxyl groups is 1. The molecule has 0 aromatic heterocycles. The van der Waals surface area contributed by atoms with E-state index in [9.17, 15) is 23.1 Å². The molecule has 2 atom stereocenters. The third-order valence-electron chi connectivity index (χ3n) is 4.48. The Hall–Kier alpha value is -1.82. The number of halogens is 3. The van der Waals surface area contributed by atoms with Crippen LogP contribution in [0.2, 0.25) is 0 Å². The van der Waals surface area contributed by atoms with Gasteiger partial charge < -0.3 is 10.0 Å². The van der Waals surface area contributed by atoms with Crippen molar-refractivity contribution in [2.24, 2.45) is 0 Å². The minimum absolute atomic E-state index is 0.107. The number of nitrogens with zero attached hydrogens (tertiary/aromatic N) is 1. The lowest BCUT2D eigenvalue weighted by Crippen LogP contribution is -2.32. The molecule has 1 fully saturated rings. The summed E-state index contributed by atoms with van der Waals surface area (Å²) in [6.07, 6.45) is -0.206. The first-order valence-electron chi connectivity index (χ1n) is 7.71. The van der Waals surface area contributed by atoms with Gasteiger partial charge in [0, 0.05) is 12.1 Å². The van der Waals surface area contributed by atoms with Gasteiger partial charge in [-0.3, -0.25) is 4.79 Å². The number of hydrogen-bond acceptors (Lipinski definition) is 2. The van der Waals surface area contributed by atoms with Gasteiger partial charge in [0.25, 0.3) is 0 Å². The van der Waals surface area contributed by atoms with Crippen molar-refractivity contribution in [1.82, 2.24) is 4.90 Å². The van der Waals surface area contributed by atoms with E-state index in [1.54, 1.807) is 4.90 Å². The van der Waals surface area contributed by atoms with E-state index in [1.165, 1.54) is 12.1 Å². The largest absolute Gasteiger partial charge is 0.416 e. The highest BCUT2D eigenvalue weighted by atomic mass is 19.4. The number of amides is 1. The van der Waals surface area contributed by atoms with Crippen LogP contribution in [0.5, 0.6) is 0 Å². The smallest absolute Gasteiger partial charge is 0.391 e. The van der Waals surface area contributed by atoms with Crippen LogP contribution in [0, 0.1) is 0 Å². The summed E-state index contributed by atoms with van der Waals surface area (Å²) in [5, 5.41) is 9.91. The molecule has 3 nitrogen and oxygen atoms in total. The van der Waals surface area contributed by atoms with E-state index < -0.39 is 17.8 Å². The Bertz CT molecular complexity index is 622. The monoisotopic (exact) mass is 325 g/mol. The van der Waals surface area contributed by atoms with E-state index in [-0.39, 0.29) is 18.5 Å². The normalized spacial score (nSPS) is 24.9. The molecule has 3 rings (SSSR count). The van der Waals surface area contributed by atoms with E-state index in [0.29, 0.717) is 12.0 Å². The van der Waals surface area contributed by atoms with Crippen LogP contribution >= 0.6 is 0 Å². The average Bonchev–Trinajstić information content (AvgIpc) is 3.15. The molecule has 1 saturated heterocycles. The molecule has 1 aliphatic heterocycles. The number of rotatable bonds is 2. The molecule has 1 heterocycles. The van der Waals surface area contributed by atoms with Crippen LogP contribution in [0.25, 0.3) is 0 Å². The molecule has 0 bridgehead atoms. The Labute approximate surface area is 132 Å². The van der Waals surface area contributed by atoms with Gasteiger partial charge in [-0.05, 0) is 43.4 Å². The molecule has 6 heteroatoms. The fourth-order valence-corrected chi connectivity index (χ4v) is 3.30. The second kappa shape index (κ2) is 6.00. The van der Waals surface area contributed by atoms with Gasteiger partial charge in [-0.15, -0.1) is 0 Å². The Morgan fingerprint density at radius 2 is 1.91 bits per heavy atom. The lowest BCUT2D eigenvalue weighted by atomic mass is 10.0. The second-order valence-corrected chi connectivity index (χ2v) is 6.10. The number of carbonyl (C=O) groups excluding carboxylic acids is 1. The van der Waals surface area contributed by atoms with E-state index in [0.717, 1.165) is 37.0 Å². The zero-order valence-corrected chi connectivity index (χ0v) is 12.5. The van der Waals surface area contributed by atoms with Crippen LogP contribution in [0.4, 0.5) is 13.2 Å². The first-order chi connectivity index (χ1) is 10.9. The van der Waals surface area contributed by atoms with Crippen LogP contribution in [-0.4, -0.2) is 28.6 Å². The molecule has 1 amide bonds. The molecule has 124 valence electrons. The van der Waals surface area contributed by atoms with Crippen molar-refractivity contribution in [3.05, 3.63) is 47.0 Å². The summed E-state index contributed by atoms with van der Waals surface area (Å²) in [5.41, 5.74) is 0.661. The van der Waals surface area contributed by atoms with Crippen molar-refractivity contribution in [3.8, 4) is 0 Å². The summed E-state index contributed by atoms with van der Waals surface area (Å²) in [5.74, 6) is -0.107. The van der Waals surface area contributed by atoms with Crippen molar-refractivity contribution in [3.63, 3.8) is 0 Å². The van der Waals surface area contributed by atoms with Crippen molar-refractivity contribution in [2.45, 2.75) is 44.0 Å². The number of β-amino-alcohol motifs (C(OH)–C–C–N with tert-alkyl or cyclic N) is 1. The summed E-state index contributed by atoms with van der Waals surface area (Å²) < 4.78 is 38.0. The first-order valence-corrected chi connectivity index (χ1v) is 7.71. The van der Waals surface area contributed by atoms with Crippen molar-refractivity contribution in [1.29, 1.82) is 0 Å². The summed E-state index contributed by atoms with van der Waals surface area (Å²) in [6.45, 7) is 0.224. The van der Waals surface area contributed by atoms with Crippen LogP contribution in [-0.2, 0) is 11.0 Å². The Morgan fingerprint density at radius 3 is 2.48 bits per heavy atom. The van der Waals surface area contributed by atoms with Gasteiger partial charge in [0.1, 0.15) is 0 Å². The minimum atomic E-state index is -4.38. The quantitative estimate of drug-likeness (QED) is 0.905. The van der Waals surface area contributed by atoms with Gasteiger partial charge >= 0.3 is 6.18 Å². The molecule has 1 aromatic rings. The summed E-state index contributed by atoms with van der Waals surface area (Å²) in [6, 6.07) is 4.47. The highest BCUT2D eigenvalue weighted by Crippen LogP contribution is 2.36. The molecule has 0 unspecified atom stereocenters. The van der Waals surface area contributed by atoms with Crippen LogP contribution in [0.1, 0.15) is 42.9 Å². The second-order valence-electron chi connectivity index (χ2n) is 6.10. The van der Waals surface area contributed by atoms with Gasteiger partial charge in [-0.2, -0.15) is 13.2 Å². The molecule has 23 heavy (non-hydrogen) atoms. The maximum atomic E-state index is 12.7. The highest BCUT2D eigenvalue weighted by molar-refractivity contribution is 5.94. The molecular formula is C17H18F3NO2. The maximum Gasteiger partial charge on any atom is 0.416 e. The van der Waals surface area contributed by atoms with E-state index in [4.69, 9.17) is 0 Å². The molecule has 2 aliphatic rings. The number of alkyl halides is 3. The highest BCUT2D eigenvalue weighted by Gasteiger charge is 2.37. The number of benzene rings is 1. The maximum absolute atomic E-state index is 12.7. The predicted octanol–water partition coefficient (Wildman–Crippen LogP) is 3.45. The first kappa shape index (κ1) is 16.1. The van der Waals surface area contributed by atoms with Crippen molar-refractivity contribution < 1.29 is 23.1 Å². The SMILES string of the molecule is O=C(C1=CCCC1)N1C[C@H](O)C[C@H]1c1ccc(C(F)(F)F)cc1. The Kier molecular flexibility index (Phi) is 4.19. The predicted molar refractivity (Wildman–Crippen MR) is 78.5 cm³/mol. The van der Waals surface area contributed by atoms with Gasteiger partial charge in [-0.1, -0.05) is 18.2 Å². The third-order valence-corrected chi connectivity index (χ3v) is 4.48. The van der Waals surface area contributed by atoms with Gasteiger partial charge in [0.15, 0.2) is 0 Å². The number of aliphatic hydroxyl groups excluding tert-OH is 1. The van der Waals surface area contributed by atoms with Crippen LogP contribution < -0.4 is 0 Å². The molecule has 1 N–H and O–H groups in total. The fourth-order valence-electron chi connectivity index (χ4n) is 3.30. The van der Waals surface area contributed by atoms with Gasteiger partial charge in [-0.25, -0.2) is 0 Å². The lowest BCUT2D eigenvalue weighted by molar-refractivity contribution is -0.137. The van der Waals surface area contributed by atoms with E-state index in [2.05, 4.69) is 0 Å². The van der Waals surface area contributed by atoms with Gasteiger partial charge in [0.2, 0.25) is 5.91 Å². The fraction of sp³-hybridized carbons (Fsp3) is 0.471. The van der Waals surface area contributed by atoms with Crippen LogP contribution in [0.3, 0.4) is 0 Å². The van der Waals surface area contributed by atoms with Crippen molar-refractivity contribution >= 4 is 5.91 Å². The standard InChI is InChI=1S/C17H18F3NO2/c18-17(19,20)13-7-5-11(6-8-13)15-9-14(22)10-21(15)16(23)12-3-1-2-4-12/h3,5-8,14-15,22H,1-2,4,9-10H2/t14-,15+/m1/s1. The van der Waals surface area contributed by atoms with Crippen molar-refractivity contribution in [2.75, 3.05) is 6.54 Å². The zero-order chi connectivity index (χ0) is 16.6. The minimum Gasteiger partial charge on any atom is -0.391 e. The number of likely N-dealkylation sites (tertiary alicyclic amines) is 1. The molecule has 1 aliphatic carbocycles. The summed E-state index contributed by atoms with van der Waals surface area (Å²) in [4.78, 5) is 14.2. The van der Waals surface area contributed by atoms with E-state index in [1.807, 2.05) is 6.08 Å². The molecule has 0 spiro atoms. The Morgan fingerprint density at radius 1 is 1.22 bits per heavy atom. The number of hydrogen-bond donors (Lipinski definition) is 1. The zero-order valence-electron chi connectivity index (χ0n) is 12.5. The van der Waals surface area contributed by atoms with Gasteiger partial charge in [0.05, 0.1) is 17.7 Å². The number of allylic oxidation sites excluding steroid dienone is 1. The molecule has 1 aromatic carbocycles. The topological polar surface area (TPSA) is 40.5 Å². The van der Waals surface area contributed by atoms with Crippen LogP contribution in [0.15, 0.2) is 35.9 Å². The summed E-state index contributed by atoms with van der Waals surface area (Å²) in [7, 11) is 0. The lowest BCUT2D eigenvalue weighted by Gasteiger charge is -2.25. The van der Waals surface area contributed by atoms with E-state index >= 15 is 0 Å². The third kappa shape index (κ3) is 3.27. The average molecular weight is 325 g/mol. The Balaban J connectivity index is 1.83. The molecule has 0 radical (unpaired) electrons. The number of carbonyl (C=O) groups is 1.